The van der Waals surface area contributed by atoms with Gasteiger partial charge in [-0.15, -0.1) is 11.3 Å². The van der Waals surface area contributed by atoms with Crippen molar-refractivity contribution < 1.29 is 14.7 Å². The predicted molar refractivity (Wildman–Crippen MR) is 63.0 cm³/mol. The van der Waals surface area contributed by atoms with E-state index in [1.165, 1.54) is 29.5 Å². The maximum Gasteiger partial charge on any atom is 0.336 e. The Morgan fingerprint density at radius 1 is 1.35 bits per heavy atom. The molecule has 2 aromatic rings. The van der Waals surface area contributed by atoms with Crippen molar-refractivity contribution in [3.05, 3.63) is 40.9 Å². The number of rotatable bonds is 3. The Bertz CT molecular complexity index is 578. The molecule has 6 heteroatoms. The van der Waals surface area contributed by atoms with Crippen molar-refractivity contribution in [3.63, 3.8) is 0 Å². The molecule has 1 amide bonds. The average Bonchev–Trinajstić information content (AvgIpc) is 2.81. The molecule has 0 aliphatic carbocycles. The van der Waals surface area contributed by atoms with Gasteiger partial charge in [0.05, 0.1) is 5.56 Å². The molecule has 0 bridgehead atoms. The lowest BCUT2D eigenvalue weighted by Gasteiger charge is -2.04. The van der Waals surface area contributed by atoms with Crippen LogP contribution in [-0.2, 0) is 0 Å². The fourth-order valence-electron chi connectivity index (χ4n) is 1.42. The minimum atomic E-state index is -1.06. The molecule has 0 saturated heterocycles. The summed E-state index contributed by atoms with van der Waals surface area (Å²) in [6.45, 7) is 0. The second-order valence-corrected chi connectivity index (χ2v) is 4.16. The highest BCUT2D eigenvalue weighted by Crippen LogP contribution is 2.26. The van der Waals surface area contributed by atoms with E-state index in [4.69, 9.17) is 10.8 Å². The molecule has 0 saturated carbocycles. The van der Waals surface area contributed by atoms with Crippen molar-refractivity contribution in [1.82, 2.24) is 4.98 Å². The monoisotopic (exact) mass is 248 g/mol. The third-order valence-corrected chi connectivity index (χ3v) is 3.00. The fourth-order valence-corrected chi connectivity index (χ4v) is 2.09. The zero-order valence-corrected chi connectivity index (χ0v) is 9.40. The molecule has 1 aromatic heterocycles. The van der Waals surface area contributed by atoms with Crippen LogP contribution in [0.2, 0.25) is 0 Å². The van der Waals surface area contributed by atoms with Gasteiger partial charge in [-0.1, -0.05) is 0 Å². The fraction of sp³-hybridized carbons (Fsp3) is 0. The lowest BCUT2D eigenvalue weighted by molar-refractivity contribution is 0.0697. The highest BCUT2D eigenvalue weighted by molar-refractivity contribution is 7.13. The zero-order chi connectivity index (χ0) is 12.4. The van der Waals surface area contributed by atoms with E-state index in [0.717, 1.165) is 0 Å². The Labute approximate surface area is 101 Å². The van der Waals surface area contributed by atoms with Crippen LogP contribution in [-0.4, -0.2) is 22.0 Å². The number of aromatic carboxylic acids is 1. The summed E-state index contributed by atoms with van der Waals surface area (Å²) in [5.41, 5.74) is 5.93. The normalized spacial score (nSPS) is 10.1. The second-order valence-electron chi connectivity index (χ2n) is 3.27. The van der Waals surface area contributed by atoms with Crippen LogP contribution in [0.1, 0.15) is 20.7 Å². The number of carboxylic acid groups (broad SMARTS) is 1. The third-order valence-electron chi connectivity index (χ3n) is 2.20. The lowest BCUT2D eigenvalue weighted by atomic mass is 10.0. The van der Waals surface area contributed by atoms with Crippen LogP contribution in [0, 0.1) is 0 Å². The van der Waals surface area contributed by atoms with E-state index in [2.05, 4.69) is 4.98 Å². The van der Waals surface area contributed by atoms with Crippen molar-refractivity contribution in [1.29, 1.82) is 0 Å². The summed E-state index contributed by atoms with van der Waals surface area (Å²) in [5.74, 6) is -1.66. The molecule has 0 aliphatic heterocycles. The maximum absolute atomic E-state index is 11.1. The van der Waals surface area contributed by atoms with Crippen molar-refractivity contribution in [2.75, 3.05) is 0 Å². The number of aromatic nitrogens is 1. The second kappa shape index (κ2) is 4.34. The topological polar surface area (TPSA) is 93.3 Å². The van der Waals surface area contributed by atoms with Gasteiger partial charge in [0.2, 0.25) is 5.91 Å². The number of hydrogen-bond donors (Lipinski definition) is 2. The van der Waals surface area contributed by atoms with Gasteiger partial charge in [-0.3, -0.25) is 4.79 Å². The lowest BCUT2D eigenvalue weighted by Crippen LogP contribution is -2.12. The molecule has 2 rings (SSSR count). The van der Waals surface area contributed by atoms with Gasteiger partial charge in [-0.05, 0) is 18.2 Å². The molecule has 3 N–H and O–H groups in total. The summed E-state index contributed by atoms with van der Waals surface area (Å²) in [5, 5.41) is 11.3. The standard InChI is InChI=1S/C11H8N2O3S/c12-9(14)6-1-2-7(11(15)16)8(5-6)10-13-3-4-17-10/h1-5H,(H2,12,14)(H,15,16). The number of primary amides is 1. The predicted octanol–water partition coefficient (Wildman–Crippen LogP) is 1.61. The first-order valence-electron chi connectivity index (χ1n) is 4.66. The van der Waals surface area contributed by atoms with Gasteiger partial charge in [0, 0.05) is 22.7 Å². The maximum atomic E-state index is 11.1. The van der Waals surface area contributed by atoms with E-state index in [1.807, 2.05) is 0 Å². The molecule has 5 nitrogen and oxygen atoms in total. The highest BCUT2D eigenvalue weighted by atomic mass is 32.1. The molecular formula is C11H8N2O3S. The van der Waals surface area contributed by atoms with Crippen LogP contribution >= 0.6 is 11.3 Å². The summed E-state index contributed by atoms with van der Waals surface area (Å²) in [6, 6.07) is 4.20. The quantitative estimate of drug-likeness (QED) is 0.862. The van der Waals surface area contributed by atoms with Crippen LogP contribution in [0.25, 0.3) is 10.6 Å². The van der Waals surface area contributed by atoms with Crippen molar-refractivity contribution >= 4 is 23.2 Å². The number of carbonyl (C=O) groups is 2. The smallest absolute Gasteiger partial charge is 0.336 e. The number of nitrogens with zero attached hydrogens (tertiary/aromatic N) is 1. The molecule has 0 spiro atoms. The van der Waals surface area contributed by atoms with Gasteiger partial charge in [0.15, 0.2) is 0 Å². The number of thiazole rings is 1. The van der Waals surface area contributed by atoms with Gasteiger partial charge >= 0.3 is 5.97 Å². The van der Waals surface area contributed by atoms with Crippen LogP contribution in [0.5, 0.6) is 0 Å². The van der Waals surface area contributed by atoms with Gasteiger partial charge in [-0.2, -0.15) is 0 Å². The number of carboxylic acids is 1. The van der Waals surface area contributed by atoms with Crippen LogP contribution in [0.15, 0.2) is 29.8 Å². The number of benzene rings is 1. The van der Waals surface area contributed by atoms with E-state index in [9.17, 15) is 9.59 Å². The van der Waals surface area contributed by atoms with Gasteiger partial charge in [-0.25, -0.2) is 9.78 Å². The van der Waals surface area contributed by atoms with Crippen molar-refractivity contribution in [2.24, 2.45) is 5.73 Å². The Hall–Kier alpha value is -2.21. The third kappa shape index (κ3) is 2.16. The van der Waals surface area contributed by atoms with Crippen LogP contribution in [0.4, 0.5) is 0 Å². The van der Waals surface area contributed by atoms with Crippen molar-refractivity contribution in [2.45, 2.75) is 0 Å². The Kier molecular flexibility index (Phi) is 2.88. The van der Waals surface area contributed by atoms with Gasteiger partial charge in [0.1, 0.15) is 5.01 Å². The van der Waals surface area contributed by atoms with Gasteiger partial charge < -0.3 is 10.8 Å². The Morgan fingerprint density at radius 3 is 2.65 bits per heavy atom. The minimum absolute atomic E-state index is 0.102. The largest absolute Gasteiger partial charge is 0.478 e. The molecule has 0 fully saturated rings. The molecule has 0 aliphatic rings. The Morgan fingerprint density at radius 2 is 2.12 bits per heavy atom. The molecule has 86 valence electrons. The molecular weight excluding hydrogens is 240 g/mol. The molecule has 1 aromatic carbocycles. The first-order valence-corrected chi connectivity index (χ1v) is 5.54. The van der Waals surface area contributed by atoms with E-state index in [0.29, 0.717) is 10.6 Å². The summed E-state index contributed by atoms with van der Waals surface area (Å²) in [4.78, 5) is 26.2. The van der Waals surface area contributed by atoms with E-state index >= 15 is 0 Å². The zero-order valence-electron chi connectivity index (χ0n) is 8.58. The van der Waals surface area contributed by atoms with E-state index in [-0.39, 0.29) is 11.1 Å². The molecule has 0 radical (unpaired) electrons. The summed E-state index contributed by atoms with van der Waals surface area (Å²) in [6.07, 6.45) is 1.57. The summed E-state index contributed by atoms with van der Waals surface area (Å²) >= 11 is 1.30. The first kappa shape index (κ1) is 11.3. The summed E-state index contributed by atoms with van der Waals surface area (Å²) < 4.78 is 0. The Balaban J connectivity index is 2.64. The molecule has 0 atom stereocenters. The molecule has 17 heavy (non-hydrogen) atoms. The van der Waals surface area contributed by atoms with Crippen LogP contribution < -0.4 is 5.73 Å². The molecule has 0 unspecified atom stereocenters. The van der Waals surface area contributed by atoms with E-state index in [1.54, 1.807) is 11.6 Å². The van der Waals surface area contributed by atoms with Crippen LogP contribution in [0.3, 0.4) is 0 Å². The number of nitrogens with two attached hydrogens (primary N) is 1. The number of amides is 1. The van der Waals surface area contributed by atoms with E-state index < -0.39 is 11.9 Å². The number of carbonyl (C=O) groups excluding carboxylic acids is 1. The SMILES string of the molecule is NC(=O)c1ccc(C(=O)O)c(-c2nccs2)c1. The first-order chi connectivity index (χ1) is 8.09. The van der Waals surface area contributed by atoms with Gasteiger partial charge in [0.25, 0.3) is 0 Å². The summed E-state index contributed by atoms with van der Waals surface area (Å²) in [7, 11) is 0. The minimum Gasteiger partial charge on any atom is -0.478 e. The highest BCUT2D eigenvalue weighted by Gasteiger charge is 2.15. The van der Waals surface area contributed by atoms with Crippen molar-refractivity contribution in [3.8, 4) is 10.6 Å². The average molecular weight is 248 g/mol. The molecule has 1 heterocycles. The number of hydrogen-bond acceptors (Lipinski definition) is 4.